The molecule has 2 aromatic rings. The molecule has 0 unspecified atom stereocenters. The molecule has 2 fully saturated rings. The molecule has 4 atom stereocenters. The Hall–Kier alpha value is -1.59. The first-order valence-electron chi connectivity index (χ1n) is 7.89. The highest BCUT2D eigenvalue weighted by molar-refractivity contribution is 7.17. The molecule has 116 valence electrons. The quantitative estimate of drug-likeness (QED) is 0.909. The van der Waals surface area contributed by atoms with Crippen LogP contribution >= 0.6 is 11.3 Å². The highest BCUT2D eigenvalue weighted by Crippen LogP contribution is 2.34. The highest BCUT2D eigenvalue weighted by atomic mass is 32.1. The summed E-state index contributed by atoms with van der Waals surface area (Å²) in [5.74, 6) is 0. The van der Waals surface area contributed by atoms with Crippen molar-refractivity contribution in [2.24, 2.45) is 0 Å². The van der Waals surface area contributed by atoms with E-state index in [-0.39, 0.29) is 24.2 Å². The van der Waals surface area contributed by atoms with E-state index in [0.717, 1.165) is 19.3 Å². The molecule has 1 aromatic carbocycles. The van der Waals surface area contributed by atoms with E-state index in [2.05, 4.69) is 28.1 Å². The Labute approximate surface area is 133 Å². The van der Waals surface area contributed by atoms with Gasteiger partial charge in [-0.05, 0) is 48.6 Å². The number of fused-ring (bicyclic) bond motifs is 3. The number of rotatable bonds is 3. The standard InChI is InChI=1S/C17H20N2O2S/c1-10(13-9-22-16-5-3-2-4-12(13)16)18-17(20)19-14-8-11-6-7-15(14)21-11/h2-5,9-11,14-15H,6-8H2,1H3,(H2,18,19,20)/t10-,11+,14-,15+/m0/s1. The molecule has 2 aliphatic rings. The van der Waals surface area contributed by atoms with Crippen LogP contribution in [0.25, 0.3) is 10.1 Å². The third-order valence-corrected chi connectivity index (χ3v) is 5.73. The summed E-state index contributed by atoms with van der Waals surface area (Å²) < 4.78 is 7.04. The van der Waals surface area contributed by atoms with Gasteiger partial charge in [0.15, 0.2) is 0 Å². The maximum atomic E-state index is 12.2. The number of benzene rings is 1. The Morgan fingerprint density at radius 2 is 2.23 bits per heavy atom. The molecule has 5 heteroatoms. The molecule has 1 aromatic heterocycles. The summed E-state index contributed by atoms with van der Waals surface area (Å²) in [5.41, 5.74) is 1.18. The van der Waals surface area contributed by atoms with Crippen LogP contribution in [0.4, 0.5) is 4.79 Å². The number of ether oxygens (including phenoxy) is 1. The Bertz CT molecular complexity index is 699. The van der Waals surface area contributed by atoms with Gasteiger partial charge in [0.05, 0.1) is 24.3 Å². The van der Waals surface area contributed by atoms with Crippen LogP contribution in [0, 0.1) is 0 Å². The van der Waals surface area contributed by atoms with Gasteiger partial charge >= 0.3 is 6.03 Å². The van der Waals surface area contributed by atoms with Crippen molar-refractivity contribution >= 4 is 27.5 Å². The summed E-state index contributed by atoms with van der Waals surface area (Å²) in [4.78, 5) is 12.2. The molecule has 2 bridgehead atoms. The zero-order valence-corrected chi connectivity index (χ0v) is 13.4. The van der Waals surface area contributed by atoms with Crippen LogP contribution in [0.3, 0.4) is 0 Å². The smallest absolute Gasteiger partial charge is 0.315 e. The lowest BCUT2D eigenvalue weighted by Gasteiger charge is -2.22. The van der Waals surface area contributed by atoms with Crippen LogP contribution in [0.1, 0.15) is 37.8 Å². The van der Waals surface area contributed by atoms with Crippen LogP contribution in [0.15, 0.2) is 29.6 Å². The third-order valence-electron chi connectivity index (χ3n) is 4.75. The first-order chi connectivity index (χ1) is 10.7. The van der Waals surface area contributed by atoms with Crippen LogP contribution in [-0.2, 0) is 4.74 Å². The van der Waals surface area contributed by atoms with E-state index in [9.17, 15) is 4.79 Å². The lowest BCUT2D eigenvalue weighted by atomic mass is 9.96. The molecule has 22 heavy (non-hydrogen) atoms. The van der Waals surface area contributed by atoms with Gasteiger partial charge in [-0.2, -0.15) is 0 Å². The minimum Gasteiger partial charge on any atom is -0.373 e. The molecule has 0 saturated carbocycles. The van der Waals surface area contributed by atoms with Gasteiger partial charge < -0.3 is 15.4 Å². The maximum absolute atomic E-state index is 12.2. The number of hydrogen-bond acceptors (Lipinski definition) is 3. The molecule has 2 aliphatic heterocycles. The van der Waals surface area contributed by atoms with Crippen LogP contribution in [-0.4, -0.2) is 24.3 Å². The molecule has 0 spiro atoms. The van der Waals surface area contributed by atoms with Gasteiger partial charge in [0.1, 0.15) is 0 Å². The van der Waals surface area contributed by atoms with E-state index in [0.29, 0.717) is 6.10 Å². The summed E-state index contributed by atoms with van der Waals surface area (Å²) in [5, 5.41) is 9.50. The summed E-state index contributed by atoms with van der Waals surface area (Å²) in [6, 6.07) is 8.38. The summed E-state index contributed by atoms with van der Waals surface area (Å²) >= 11 is 1.72. The first-order valence-corrected chi connectivity index (χ1v) is 8.77. The SMILES string of the molecule is C[C@H](NC(=O)N[C@H]1C[C@H]2CC[C@H]1O2)c1csc2ccccc12. The van der Waals surface area contributed by atoms with Crippen LogP contribution in [0.5, 0.6) is 0 Å². The predicted molar refractivity (Wildman–Crippen MR) is 88.2 cm³/mol. The van der Waals surface area contributed by atoms with E-state index in [1.807, 2.05) is 19.1 Å². The Kier molecular flexibility index (Phi) is 3.54. The second-order valence-electron chi connectivity index (χ2n) is 6.24. The number of urea groups is 1. The number of carbonyl (C=O) groups is 1. The largest absolute Gasteiger partial charge is 0.373 e. The number of hydrogen-bond donors (Lipinski definition) is 2. The average Bonchev–Trinajstić information content (AvgIpc) is 3.21. The molecule has 2 saturated heterocycles. The van der Waals surface area contributed by atoms with Crippen molar-refractivity contribution in [3.63, 3.8) is 0 Å². The lowest BCUT2D eigenvalue weighted by Crippen LogP contribution is -2.46. The molecule has 2 amide bonds. The molecule has 4 nitrogen and oxygen atoms in total. The molecule has 0 radical (unpaired) electrons. The third kappa shape index (κ3) is 2.48. The normalized spacial score (nSPS) is 28.0. The fourth-order valence-electron chi connectivity index (χ4n) is 3.61. The monoisotopic (exact) mass is 316 g/mol. The summed E-state index contributed by atoms with van der Waals surface area (Å²) in [7, 11) is 0. The van der Waals surface area contributed by atoms with Gasteiger partial charge in [-0.1, -0.05) is 18.2 Å². The van der Waals surface area contributed by atoms with Gasteiger partial charge in [0.25, 0.3) is 0 Å². The molecule has 2 N–H and O–H groups in total. The Balaban J connectivity index is 1.41. The fourth-order valence-corrected chi connectivity index (χ4v) is 4.66. The minimum absolute atomic E-state index is 0.00402. The second kappa shape index (κ2) is 5.56. The molecule has 3 heterocycles. The van der Waals surface area contributed by atoms with Crippen molar-refractivity contribution in [3.05, 3.63) is 35.2 Å². The Morgan fingerprint density at radius 1 is 1.36 bits per heavy atom. The average molecular weight is 316 g/mol. The minimum atomic E-state index is -0.0936. The Morgan fingerprint density at radius 3 is 3.00 bits per heavy atom. The van der Waals surface area contributed by atoms with E-state index < -0.39 is 0 Å². The van der Waals surface area contributed by atoms with Crippen molar-refractivity contribution < 1.29 is 9.53 Å². The van der Waals surface area contributed by atoms with Gasteiger partial charge in [0, 0.05) is 4.70 Å². The molecule has 4 rings (SSSR count). The van der Waals surface area contributed by atoms with Gasteiger partial charge in [-0.3, -0.25) is 0 Å². The number of amides is 2. The zero-order chi connectivity index (χ0) is 15.1. The van der Waals surface area contributed by atoms with Crippen molar-refractivity contribution in [2.75, 3.05) is 0 Å². The number of thiophene rings is 1. The van der Waals surface area contributed by atoms with Crippen molar-refractivity contribution in [2.45, 2.75) is 50.5 Å². The second-order valence-corrected chi connectivity index (χ2v) is 7.15. The topological polar surface area (TPSA) is 50.4 Å². The molecule has 0 aliphatic carbocycles. The number of carbonyl (C=O) groups excluding carboxylic acids is 1. The van der Waals surface area contributed by atoms with Crippen LogP contribution in [0.2, 0.25) is 0 Å². The van der Waals surface area contributed by atoms with Gasteiger partial charge in [-0.25, -0.2) is 4.79 Å². The van der Waals surface area contributed by atoms with Crippen molar-refractivity contribution in [1.29, 1.82) is 0 Å². The maximum Gasteiger partial charge on any atom is 0.315 e. The zero-order valence-electron chi connectivity index (χ0n) is 12.5. The summed E-state index contributed by atoms with van der Waals surface area (Å²) in [6.07, 6.45) is 3.73. The first kappa shape index (κ1) is 14.0. The molecular formula is C17H20N2O2S. The summed E-state index contributed by atoms with van der Waals surface area (Å²) in [6.45, 7) is 2.03. The van der Waals surface area contributed by atoms with Crippen LogP contribution < -0.4 is 10.6 Å². The highest BCUT2D eigenvalue weighted by Gasteiger charge is 2.41. The lowest BCUT2D eigenvalue weighted by molar-refractivity contribution is 0.0980. The molecular weight excluding hydrogens is 296 g/mol. The van der Waals surface area contributed by atoms with Gasteiger partial charge in [-0.15, -0.1) is 11.3 Å². The van der Waals surface area contributed by atoms with Crippen molar-refractivity contribution in [1.82, 2.24) is 10.6 Å². The van der Waals surface area contributed by atoms with Crippen molar-refractivity contribution in [3.8, 4) is 0 Å². The predicted octanol–water partition coefficient (Wildman–Crippen LogP) is 3.58. The fraction of sp³-hybridized carbons (Fsp3) is 0.471. The van der Waals surface area contributed by atoms with E-state index in [1.54, 1.807) is 11.3 Å². The van der Waals surface area contributed by atoms with Gasteiger partial charge in [0.2, 0.25) is 0 Å². The van der Waals surface area contributed by atoms with E-state index in [1.165, 1.54) is 15.6 Å². The number of nitrogens with one attached hydrogen (secondary N) is 2. The van der Waals surface area contributed by atoms with E-state index in [4.69, 9.17) is 4.74 Å². The van der Waals surface area contributed by atoms with E-state index >= 15 is 0 Å².